The maximum Gasteiger partial charge on any atom is 0.407 e. The Bertz CT molecular complexity index is 646. The Morgan fingerprint density at radius 2 is 2.00 bits per heavy atom. The van der Waals surface area contributed by atoms with Gasteiger partial charge in [-0.15, -0.1) is 0 Å². The highest BCUT2D eigenvalue weighted by atomic mass is 16.4. The number of piperidine rings is 1. The Morgan fingerprint density at radius 1 is 1.29 bits per heavy atom. The molecule has 0 radical (unpaired) electrons. The predicted octanol–water partition coefficient (Wildman–Crippen LogP) is 2.81. The van der Waals surface area contributed by atoms with Gasteiger partial charge in [0, 0.05) is 37.8 Å². The minimum atomic E-state index is -0.850. The van der Waals surface area contributed by atoms with Gasteiger partial charge in [-0.1, -0.05) is 24.3 Å². The van der Waals surface area contributed by atoms with Gasteiger partial charge in [-0.2, -0.15) is 0 Å². The van der Waals surface area contributed by atoms with Crippen LogP contribution in [0.15, 0.2) is 36.5 Å². The van der Waals surface area contributed by atoms with Crippen molar-refractivity contribution < 1.29 is 9.90 Å². The van der Waals surface area contributed by atoms with Crippen molar-refractivity contribution >= 4 is 22.7 Å². The van der Waals surface area contributed by atoms with Crippen molar-refractivity contribution in [3.05, 3.63) is 36.5 Å². The number of fused-ring (bicyclic) bond motifs is 1. The third kappa shape index (κ3) is 2.63. The van der Waals surface area contributed by atoms with Crippen LogP contribution in [-0.4, -0.2) is 47.3 Å². The van der Waals surface area contributed by atoms with Crippen molar-refractivity contribution in [3.63, 3.8) is 0 Å². The van der Waals surface area contributed by atoms with Gasteiger partial charge in [-0.05, 0) is 24.3 Å². The van der Waals surface area contributed by atoms with E-state index in [1.54, 1.807) is 7.05 Å². The zero-order valence-corrected chi connectivity index (χ0v) is 12.1. The van der Waals surface area contributed by atoms with E-state index in [0.717, 1.165) is 37.1 Å². The van der Waals surface area contributed by atoms with Crippen molar-refractivity contribution in [2.24, 2.45) is 0 Å². The normalized spacial score (nSPS) is 16.1. The van der Waals surface area contributed by atoms with Crippen molar-refractivity contribution in [1.82, 2.24) is 9.88 Å². The van der Waals surface area contributed by atoms with E-state index in [2.05, 4.69) is 22.0 Å². The largest absolute Gasteiger partial charge is 0.465 e. The first-order valence-corrected chi connectivity index (χ1v) is 7.21. The van der Waals surface area contributed by atoms with Gasteiger partial charge in [0.1, 0.15) is 5.82 Å². The summed E-state index contributed by atoms with van der Waals surface area (Å²) in [6, 6.07) is 10.4. The number of nitrogens with zero attached hydrogens (tertiary/aromatic N) is 3. The summed E-state index contributed by atoms with van der Waals surface area (Å²) in [6.45, 7) is 1.67. The lowest BCUT2D eigenvalue weighted by Gasteiger charge is -2.36. The number of aromatic nitrogens is 1. The van der Waals surface area contributed by atoms with Crippen LogP contribution in [0.25, 0.3) is 10.8 Å². The lowest BCUT2D eigenvalue weighted by molar-refractivity contribution is 0.131. The van der Waals surface area contributed by atoms with Gasteiger partial charge < -0.3 is 14.9 Å². The molecule has 1 N–H and O–H groups in total. The average molecular weight is 285 g/mol. The molecular formula is C16H19N3O2. The fourth-order valence-electron chi connectivity index (χ4n) is 2.98. The molecule has 110 valence electrons. The number of hydrogen-bond acceptors (Lipinski definition) is 3. The second-order valence-electron chi connectivity index (χ2n) is 5.47. The quantitative estimate of drug-likeness (QED) is 0.922. The van der Waals surface area contributed by atoms with Gasteiger partial charge >= 0.3 is 6.09 Å². The number of benzene rings is 1. The number of carboxylic acid groups (broad SMARTS) is 1. The predicted molar refractivity (Wildman–Crippen MR) is 82.8 cm³/mol. The van der Waals surface area contributed by atoms with Crippen LogP contribution in [0.5, 0.6) is 0 Å². The molecule has 5 nitrogen and oxygen atoms in total. The number of rotatable bonds is 2. The molecule has 0 spiro atoms. The highest BCUT2D eigenvalue weighted by molar-refractivity contribution is 5.92. The van der Waals surface area contributed by atoms with Gasteiger partial charge in [-0.25, -0.2) is 9.78 Å². The lowest BCUT2D eigenvalue weighted by Crippen LogP contribution is -2.45. The number of pyridine rings is 1. The molecule has 5 heteroatoms. The summed E-state index contributed by atoms with van der Waals surface area (Å²) < 4.78 is 0. The van der Waals surface area contributed by atoms with E-state index in [1.165, 1.54) is 10.3 Å². The zero-order chi connectivity index (χ0) is 14.8. The molecule has 1 aromatic carbocycles. The third-order valence-corrected chi connectivity index (χ3v) is 4.27. The molecule has 1 aliphatic heterocycles. The summed E-state index contributed by atoms with van der Waals surface area (Å²) in [4.78, 5) is 19.2. The Kier molecular flexibility index (Phi) is 3.64. The van der Waals surface area contributed by atoms with Gasteiger partial charge in [0.05, 0.1) is 0 Å². The van der Waals surface area contributed by atoms with Crippen LogP contribution in [0, 0.1) is 0 Å². The number of anilines is 1. The molecule has 0 saturated carbocycles. The Morgan fingerprint density at radius 3 is 2.71 bits per heavy atom. The summed E-state index contributed by atoms with van der Waals surface area (Å²) in [6.07, 6.45) is 2.67. The highest BCUT2D eigenvalue weighted by Gasteiger charge is 2.26. The molecule has 0 atom stereocenters. The Hall–Kier alpha value is -2.30. The van der Waals surface area contributed by atoms with Crippen LogP contribution in [0.1, 0.15) is 12.8 Å². The van der Waals surface area contributed by atoms with E-state index in [1.807, 2.05) is 24.4 Å². The molecule has 0 unspecified atom stereocenters. The highest BCUT2D eigenvalue weighted by Crippen LogP contribution is 2.27. The van der Waals surface area contributed by atoms with Gasteiger partial charge in [0.2, 0.25) is 0 Å². The number of carbonyl (C=O) groups is 1. The van der Waals surface area contributed by atoms with E-state index >= 15 is 0 Å². The van der Waals surface area contributed by atoms with Crippen LogP contribution in [-0.2, 0) is 0 Å². The summed E-state index contributed by atoms with van der Waals surface area (Å²) >= 11 is 0. The van der Waals surface area contributed by atoms with E-state index in [-0.39, 0.29) is 6.04 Å². The van der Waals surface area contributed by atoms with Crippen LogP contribution in [0.3, 0.4) is 0 Å². The van der Waals surface area contributed by atoms with Crippen LogP contribution in [0.4, 0.5) is 10.6 Å². The zero-order valence-electron chi connectivity index (χ0n) is 12.1. The summed E-state index contributed by atoms with van der Waals surface area (Å²) in [7, 11) is 1.65. The van der Waals surface area contributed by atoms with Crippen LogP contribution in [0.2, 0.25) is 0 Å². The summed E-state index contributed by atoms with van der Waals surface area (Å²) in [5.74, 6) is 1.00. The molecule has 0 aliphatic carbocycles. The van der Waals surface area contributed by atoms with Gasteiger partial charge in [0.25, 0.3) is 0 Å². The standard InChI is InChI=1S/C16H19N3O2/c1-18(16(20)21)13-7-10-19(11-8-13)15-14-5-3-2-4-12(14)6-9-17-15/h2-6,9,13H,7-8,10-11H2,1H3,(H,20,21). The van der Waals surface area contributed by atoms with Crippen LogP contribution >= 0.6 is 0 Å². The van der Waals surface area contributed by atoms with Crippen molar-refractivity contribution in [2.45, 2.75) is 18.9 Å². The molecule has 3 rings (SSSR count). The topological polar surface area (TPSA) is 56.7 Å². The molecule has 0 bridgehead atoms. The maximum atomic E-state index is 11.0. The smallest absolute Gasteiger partial charge is 0.407 e. The Balaban J connectivity index is 1.79. The molecule has 1 amide bonds. The van der Waals surface area contributed by atoms with E-state index in [4.69, 9.17) is 5.11 Å². The molecular weight excluding hydrogens is 266 g/mol. The first kappa shape index (κ1) is 13.7. The molecule has 1 aliphatic rings. The minimum Gasteiger partial charge on any atom is -0.465 e. The fourth-order valence-corrected chi connectivity index (χ4v) is 2.98. The average Bonchev–Trinajstić information content (AvgIpc) is 2.53. The van der Waals surface area contributed by atoms with Crippen molar-refractivity contribution in [1.29, 1.82) is 0 Å². The molecule has 1 saturated heterocycles. The minimum absolute atomic E-state index is 0.105. The fraction of sp³-hybridized carbons (Fsp3) is 0.375. The van der Waals surface area contributed by atoms with Crippen LogP contribution < -0.4 is 4.90 Å². The molecule has 1 aromatic heterocycles. The Labute approximate surface area is 123 Å². The summed E-state index contributed by atoms with van der Waals surface area (Å²) in [5, 5.41) is 11.4. The van der Waals surface area contributed by atoms with Crippen molar-refractivity contribution in [2.75, 3.05) is 25.0 Å². The first-order chi connectivity index (χ1) is 10.2. The molecule has 1 fully saturated rings. The van der Waals surface area contributed by atoms with E-state index in [9.17, 15) is 4.79 Å². The second kappa shape index (κ2) is 5.60. The number of hydrogen-bond donors (Lipinski definition) is 1. The number of amides is 1. The molecule has 21 heavy (non-hydrogen) atoms. The maximum absolute atomic E-state index is 11.0. The summed E-state index contributed by atoms with van der Waals surface area (Å²) in [5.41, 5.74) is 0. The monoisotopic (exact) mass is 285 g/mol. The molecule has 2 heterocycles. The van der Waals surface area contributed by atoms with E-state index < -0.39 is 6.09 Å². The third-order valence-electron chi connectivity index (χ3n) is 4.27. The SMILES string of the molecule is CN(C(=O)O)C1CCN(c2nccc3ccccc23)CC1. The lowest BCUT2D eigenvalue weighted by atomic mass is 10.0. The molecule has 2 aromatic rings. The first-order valence-electron chi connectivity index (χ1n) is 7.21. The second-order valence-corrected chi connectivity index (χ2v) is 5.47. The van der Waals surface area contributed by atoms with E-state index in [0.29, 0.717) is 0 Å². The van der Waals surface area contributed by atoms with Gasteiger partial charge in [0.15, 0.2) is 0 Å². The van der Waals surface area contributed by atoms with Crippen molar-refractivity contribution in [3.8, 4) is 0 Å². The van der Waals surface area contributed by atoms with Gasteiger partial charge in [-0.3, -0.25) is 0 Å².